The maximum absolute atomic E-state index is 12.0. The molecule has 122 valence electrons. The van der Waals surface area contributed by atoms with Gasteiger partial charge in [-0.05, 0) is 43.7 Å². The zero-order valence-electron chi connectivity index (χ0n) is 13.2. The first-order valence-corrected chi connectivity index (χ1v) is 7.87. The molecule has 1 N–H and O–H groups in total. The number of rotatable bonds is 7. The van der Waals surface area contributed by atoms with Crippen LogP contribution in [-0.4, -0.2) is 19.1 Å². The quantitative estimate of drug-likeness (QED) is 0.833. The van der Waals surface area contributed by atoms with E-state index in [0.29, 0.717) is 23.1 Å². The van der Waals surface area contributed by atoms with E-state index in [-0.39, 0.29) is 18.6 Å². The van der Waals surface area contributed by atoms with Gasteiger partial charge in [0.25, 0.3) is 5.91 Å². The molecule has 1 unspecified atom stereocenters. The molecule has 5 heteroatoms. The molecule has 0 bridgehead atoms. The largest absolute Gasteiger partial charge is 0.490 e. The third kappa shape index (κ3) is 5.18. The third-order valence-corrected chi connectivity index (χ3v) is 3.47. The lowest BCUT2D eigenvalue weighted by molar-refractivity contribution is -0.123. The second-order valence-electron chi connectivity index (χ2n) is 5.01. The van der Waals surface area contributed by atoms with Gasteiger partial charge in [0.2, 0.25) is 0 Å². The van der Waals surface area contributed by atoms with Crippen LogP contribution in [-0.2, 0) is 4.79 Å². The van der Waals surface area contributed by atoms with Crippen molar-refractivity contribution in [2.75, 3.05) is 13.2 Å². The van der Waals surface area contributed by atoms with Crippen molar-refractivity contribution in [2.45, 2.75) is 19.9 Å². The summed E-state index contributed by atoms with van der Waals surface area (Å²) in [6.07, 6.45) is 0. The van der Waals surface area contributed by atoms with Crippen molar-refractivity contribution in [1.82, 2.24) is 5.32 Å². The molecule has 0 aromatic heterocycles. The van der Waals surface area contributed by atoms with E-state index in [9.17, 15) is 4.79 Å². The summed E-state index contributed by atoms with van der Waals surface area (Å²) >= 11 is 5.96. The summed E-state index contributed by atoms with van der Waals surface area (Å²) in [5.41, 5.74) is 0.945. The molecule has 2 rings (SSSR count). The van der Waals surface area contributed by atoms with Gasteiger partial charge in [0, 0.05) is 5.02 Å². The van der Waals surface area contributed by atoms with Crippen LogP contribution in [0.25, 0.3) is 0 Å². The molecular weight excluding hydrogens is 314 g/mol. The Morgan fingerprint density at radius 1 is 1.13 bits per heavy atom. The van der Waals surface area contributed by atoms with E-state index in [1.165, 1.54) is 0 Å². The molecule has 0 aliphatic heterocycles. The lowest BCUT2D eigenvalue weighted by Crippen LogP contribution is -2.31. The van der Waals surface area contributed by atoms with Gasteiger partial charge in [-0.15, -0.1) is 0 Å². The Labute approximate surface area is 141 Å². The van der Waals surface area contributed by atoms with Gasteiger partial charge in [-0.25, -0.2) is 0 Å². The summed E-state index contributed by atoms with van der Waals surface area (Å²) in [7, 11) is 0. The van der Waals surface area contributed by atoms with Crippen molar-refractivity contribution < 1.29 is 14.3 Å². The second-order valence-corrected chi connectivity index (χ2v) is 5.45. The molecule has 4 nitrogen and oxygen atoms in total. The van der Waals surface area contributed by atoms with Crippen LogP contribution in [0.2, 0.25) is 5.02 Å². The van der Waals surface area contributed by atoms with Gasteiger partial charge >= 0.3 is 0 Å². The monoisotopic (exact) mass is 333 g/mol. The molecule has 0 fully saturated rings. The van der Waals surface area contributed by atoms with Crippen molar-refractivity contribution in [3.05, 3.63) is 59.1 Å². The highest BCUT2D eigenvalue weighted by Gasteiger charge is 2.11. The highest BCUT2D eigenvalue weighted by atomic mass is 35.5. The number of hydrogen-bond donors (Lipinski definition) is 1. The molecule has 2 aromatic carbocycles. The zero-order valence-corrected chi connectivity index (χ0v) is 14.0. The van der Waals surface area contributed by atoms with E-state index in [1.807, 2.05) is 50.2 Å². The second kappa shape index (κ2) is 8.44. The number of halogens is 1. The summed E-state index contributed by atoms with van der Waals surface area (Å²) in [6.45, 7) is 4.27. The fourth-order valence-electron chi connectivity index (χ4n) is 2.13. The van der Waals surface area contributed by atoms with Crippen molar-refractivity contribution >= 4 is 17.5 Å². The van der Waals surface area contributed by atoms with Gasteiger partial charge in [0.15, 0.2) is 18.1 Å². The topological polar surface area (TPSA) is 47.6 Å². The van der Waals surface area contributed by atoms with Crippen LogP contribution in [0.1, 0.15) is 25.5 Å². The summed E-state index contributed by atoms with van der Waals surface area (Å²) in [5, 5.41) is 3.53. The van der Waals surface area contributed by atoms with Crippen molar-refractivity contribution in [3.63, 3.8) is 0 Å². The first-order chi connectivity index (χ1) is 11.1. The number of carbonyl (C=O) groups excluding carboxylic acids is 1. The lowest BCUT2D eigenvalue weighted by Gasteiger charge is -2.16. The average Bonchev–Trinajstić information content (AvgIpc) is 2.54. The molecule has 0 aliphatic rings. The standard InChI is InChI=1S/C18H20ClNO3/c1-3-22-16-9-4-5-10-17(16)23-12-18(21)20-13(2)14-7-6-8-15(19)11-14/h4-11,13H,3,12H2,1-2H3,(H,20,21). The van der Waals surface area contributed by atoms with E-state index in [2.05, 4.69) is 5.32 Å². The van der Waals surface area contributed by atoms with Gasteiger partial charge in [0.05, 0.1) is 12.6 Å². The number of nitrogens with one attached hydrogen (secondary N) is 1. The first-order valence-electron chi connectivity index (χ1n) is 7.49. The summed E-state index contributed by atoms with van der Waals surface area (Å²) in [6, 6.07) is 14.5. The summed E-state index contributed by atoms with van der Waals surface area (Å²) in [4.78, 5) is 12.0. The van der Waals surface area contributed by atoms with Gasteiger partial charge < -0.3 is 14.8 Å². The number of benzene rings is 2. The average molecular weight is 334 g/mol. The van der Waals surface area contributed by atoms with E-state index < -0.39 is 0 Å². The van der Waals surface area contributed by atoms with Crippen LogP contribution in [0.15, 0.2) is 48.5 Å². The predicted octanol–water partition coefficient (Wildman–Crippen LogP) is 3.99. The molecule has 1 atom stereocenters. The molecule has 0 aliphatic carbocycles. The molecule has 0 radical (unpaired) electrons. The van der Waals surface area contributed by atoms with Crippen LogP contribution in [0, 0.1) is 0 Å². The fraction of sp³-hybridized carbons (Fsp3) is 0.278. The van der Waals surface area contributed by atoms with Gasteiger partial charge in [-0.1, -0.05) is 35.9 Å². The predicted molar refractivity (Wildman–Crippen MR) is 91.1 cm³/mol. The Bertz CT molecular complexity index is 660. The van der Waals surface area contributed by atoms with Crippen molar-refractivity contribution in [2.24, 2.45) is 0 Å². The fourth-order valence-corrected chi connectivity index (χ4v) is 2.33. The van der Waals surface area contributed by atoms with E-state index in [1.54, 1.807) is 12.1 Å². The molecule has 0 heterocycles. The minimum Gasteiger partial charge on any atom is -0.490 e. The zero-order chi connectivity index (χ0) is 16.7. The van der Waals surface area contributed by atoms with Gasteiger partial charge in [-0.2, -0.15) is 0 Å². The maximum atomic E-state index is 12.0. The van der Waals surface area contributed by atoms with Crippen LogP contribution in [0.3, 0.4) is 0 Å². The van der Waals surface area contributed by atoms with E-state index in [0.717, 1.165) is 5.56 Å². The van der Waals surface area contributed by atoms with Gasteiger partial charge in [-0.3, -0.25) is 4.79 Å². The third-order valence-electron chi connectivity index (χ3n) is 3.23. The molecule has 0 saturated heterocycles. The van der Waals surface area contributed by atoms with E-state index in [4.69, 9.17) is 21.1 Å². The Balaban J connectivity index is 1.90. The Morgan fingerprint density at radius 2 is 1.83 bits per heavy atom. The molecule has 0 saturated carbocycles. The van der Waals surface area contributed by atoms with Crippen LogP contribution in [0.4, 0.5) is 0 Å². The summed E-state index contributed by atoms with van der Waals surface area (Å²) < 4.78 is 11.0. The van der Waals surface area contributed by atoms with E-state index >= 15 is 0 Å². The SMILES string of the molecule is CCOc1ccccc1OCC(=O)NC(C)c1cccc(Cl)c1. The number of amides is 1. The number of hydrogen-bond acceptors (Lipinski definition) is 3. The molecule has 23 heavy (non-hydrogen) atoms. The van der Waals surface area contributed by atoms with Crippen LogP contribution >= 0.6 is 11.6 Å². The molecule has 0 spiro atoms. The Hall–Kier alpha value is -2.20. The number of para-hydroxylation sites is 2. The van der Waals surface area contributed by atoms with Crippen molar-refractivity contribution in [1.29, 1.82) is 0 Å². The Morgan fingerprint density at radius 3 is 2.48 bits per heavy atom. The lowest BCUT2D eigenvalue weighted by atomic mass is 10.1. The minimum atomic E-state index is -0.205. The number of carbonyl (C=O) groups is 1. The number of ether oxygens (including phenoxy) is 2. The maximum Gasteiger partial charge on any atom is 0.258 e. The highest BCUT2D eigenvalue weighted by Crippen LogP contribution is 2.26. The van der Waals surface area contributed by atoms with Crippen LogP contribution < -0.4 is 14.8 Å². The Kier molecular flexibility index (Phi) is 6.29. The molecule has 1 amide bonds. The van der Waals surface area contributed by atoms with Gasteiger partial charge in [0.1, 0.15) is 0 Å². The molecular formula is C18H20ClNO3. The molecule has 2 aromatic rings. The first kappa shape index (κ1) is 17.2. The summed E-state index contributed by atoms with van der Waals surface area (Å²) in [5.74, 6) is 0.981. The van der Waals surface area contributed by atoms with Crippen LogP contribution in [0.5, 0.6) is 11.5 Å². The highest BCUT2D eigenvalue weighted by molar-refractivity contribution is 6.30. The minimum absolute atomic E-state index is 0.0744. The van der Waals surface area contributed by atoms with Crippen molar-refractivity contribution in [3.8, 4) is 11.5 Å². The normalized spacial score (nSPS) is 11.6. The smallest absolute Gasteiger partial charge is 0.258 e.